The fraction of sp³-hybridized carbons (Fsp3) is 0.261. The van der Waals surface area contributed by atoms with Gasteiger partial charge in [0.1, 0.15) is 11.8 Å². The Hall–Kier alpha value is -2.51. The number of nitrogens with one attached hydrogen (secondary N) is 1. The number of nitrogens with zero attached hydrogens (tertiary/aromatic N) is 2. The molecule has 5 nitrogen and oxygen atoms in total. The Morgan fingerprint density at radius 1 is 1.13 bits per heavy atom. The summed E-state index contributed by atoms with van der Waals surface area (Å²) in [6.45, 7) is 0. The van der Waals surface area contributed by atoms with Crippen molar-refractivity contribution in [2.24, 2.45) is 0 Å². The minimum atomic E-state index is -0.126. The molecule has 2 aromatic carbocycles. The fourth-order valence-corrected chi connectivity index (χ4v) is 5.54. The van der Waals surface area contributed by atoms with Crippen LogP contribution in [0.3, 0.4) is 0 Å². The number of benzene rings is 2. The molecular formula is C23H20BrN3O2S. The topological polar surface area (TPSA) is 55.1 Å². The van der Waals surface area contributed by atoms with E-state index in [1.54, 1.807) is 7.11 Å². The Bertz CT molecular complexity index is 1360. The standard InChI is InChI=1S/C23H20BrN3O2S/c1-29-15-7-2-12(3-8-15)21-20-17(16-10-13(24)4-9-18(16)25-20)11-19-22(28)26(14-5-6-14)23(30)27(19)21/h2-4,7-10,14,21,25,28H,5-6,11H2,1H3. The molecule has 1 unspecified atom stereocenters. The van der Waals surface area contributed by atoms with Gasteiger partial charge in [-0.1, -0.05) is 28.1 Å². The number of aromatic nitrogens is 3. The second kappa shape index (κ2) is 6.49. The molecule has 0 amide bonds. The first-order chi connectivity index (χ1) is 14.6. The van der Waals surface area contributed by atoms with E-state index in [9.17, 15) is 5.11 Å². The number of hydrogen-bond donors (Lipinski definition) is 2. The van der Waals surface area contributed by atoms with Gasteiger partial charge in [-0.15, -0.1) is 0 Å². The first kappa shape index (κ1) is 18.3. The van der Waals surface area contributed by atoms with Crippen LogP contribution in [0.25, 0.3) is 10.9 Å². The average molecular weight is 482 g/mol. The smallest absolute Gasteiger partial charge is 0.214 e. The highest BCUT2D eigenvalue weighted by molar-refractivity contribution is 9.10. The average Bonchev–Trinajstić information content (AvgIpc) is 3.48. The first-order valence-corrected chi connectivity index (χ1v) is 11.3. The highest BCUT2D eigenvalue weighted by atomic mass is 79.9. The summed E-state index contributed by atoms with van der Waals surface area (Å²) in [5.41, 5.74) is 5.43. The molecule has 0 saturated heterocycles. The van der Waals surface area contributed by atoms with Crippen molar-refractivity contribution in [2.75, 3.05) is 7.11 Å². The molecule has 30 heavy (non-hydrogen) atoms. The van der Waals surface area contributed by atoms with Crippen LogP contribution in [-0.4, -0.2) is 26.3 Å². The summed E-state index contributed by atoms with van der Waals surface area (Å²) in [6, 6.07) is 14.6. The Labute approximate surface area is 187 Å². The van der Waals surface area contributed by atoms with Gasteiger partial charge in [-0.3, -0.25) is 4.57 Å². The van der Waals surface area contributed by atoms with Gasteiger partial charge in [0.05, 0.1) is 12.8 Å². The molecule has 1 aliphatic carbocycles. The normalized spacial score (nSPS) is 17.7. The molecule has 152 valence electrons. The highest BCUT2D eigenvalue weighted by Gasteiger charge is 2.37. The molecule has 2 aromatic heterocycles. The third kappa shape index (κ3) is 2.55. The number of fused-ring (bicyclic) bond motifs is 4. The molecule has 0 radical (unpaired) electrons. The predicted molar refractivity (Wildman–Crippen MR) is 122 cm³/mol. The lowest BCUT2D eigenvalue weighted by molar-refractivity contribution is 0.411. The highest BCUT2D eigenvalue weighted by Crippen LogP contribution is 2.47. The number of rotatable bonds is 3. The van der Waals surface area contributed by atoms with Gasteiger partial charge in [0, 0.05) is 33.5 Å². The number of halogens is 1. The molecule has 0 spiro atoms. The molecule has 0 bridgehead atoms. The van der Waals surface area contributed by atoms with E-state index in [0.717, 1.165) is 45.5 Å². The lowest BCUT2D eigenvalue weighted by Crippen LogP contribution is -2.21. The van der Waals surface area contributed by atoms with Crippen molar-refractivity contribution in [3.8, 4) is 11.6 Å². The molecule has 6 rings (SSSR count). The van der Waals surface area contributed by atoms with E-state index in [0.29, 0.717) is 23.1 Å². The van der Waals surface area contributed by atoms with Gasteiger partial charge in [0.25, 0.3) is 0 Å². The maximum Gasteiger partial charge on any atom is 0.214 e. The number of methoxy groups -OCH3 is 1. The molecule has 7 heteroatoms. The molecular weight excluding hydrogens is 462 g/mol. The third-order valence-electron chi connectivity index (χ3n) is 6.31. The van der Waals surface area contributed by atoms with Gasteiger partial charge >= 0.3 is 0 Å². The fourth-order valence-electron chi connectivity index (χ4n) is 4.72. The third-order valence-corrected chi connectivity index (χ3v) is 7.20. The lowest BCUT2D eigenvalue weighted by Gasteiger charge is -2.27. The second-order valence-electron chi connectivity index (χ2n) is 8.08. The second-order valence-corrected chi connectivity index (χ2v) is 9.36. The number of H-pyrrole nitrogens is 1. The molecule has 1 saturated carbocycles. The van der Waals surface area contributed by atoms with Crippen molar-refractivity contribution in [3.05, 3.63) is 74.2 Å². The Morgan fingerprint density at radius 3 is 2.60 bits per heavy atom. The van der Waals surface area contributed by atoms with E-state index >= 15 is 0 Å². The lowest BCUT2D eigenvalue weighted by atomic mass is 9.93. The number of aromatic hydroxyl groups is 1. The summed E-state index contributed by atoms with van der Waals surface area (Å²) >= 11 is 9.50. The quantitative estimate of drug-likeness (QED) is 0.317. The zero-order chi connectivity index (χ0) is 20.6. The molecule has 1 fully saturated rings. The van der Waals surface area contributed by atoms with Gasteiger partial charge in [0.2, 0.25) is 5.88 Å². The molecule has 3 heterocycles. The van der Waals surface area contributed by atoms with Crippen LogP contribution in [0.1, 0.15) is 47.4 Å². The van der Waals surface area contributed by atoms with Crippen molar-refractivity contribution in [1.29, 1.82) is 0 Å². The summed E-state index contributed by atoms with van der Waals surface area (Å²) < 4.78 is 11.2. The first-order valence-electron chi connectivity index (χ1n) is 10.1. The molecule has 1 aliphatic heterocycles. The van der Waals surface area contributed by atoms with Gasteiger partial charge in [0.15, 0.2) is 4.77 Å². The van der Waals surface area contributed by atoms with E-state index in [-0.39, 0.29) is 6.04 Å². The Morgan fingerprint density at radius 2 is 1.90 bits per heavy atom. The SMILES string of the molecule is COc1ccc(C2c3[nH]c4ccc(Br)cc4c3Cc3c(O)n(C4CC4)c(=S)n32)cc1. The van der Waals surface area contributed by atoms with Crippen molar-refractivity contribution in [3.63, 3.8) is 0 Å². The van der Waals surface area contributed by atoms with Crippen LogP contribution >= 0.6 is 28.1 Å². The zero-order valence-electron chi connectivity index (χ0n) is 16.4. The van der Waals surface area contributed by atoms with Gasteiger partial charge in [-0.2, -0.15) is 0 Å². The van der Waals surface area contributed by atoms with E-state index in [1.165, 1.54) is 10.9 Å². The Kier molecular flexibility index (Phi) is 3.95. The van der Waals surface area contributed by atoms with E-state index < -0.39 is 0 Å². The molecule has 2 N–H and O–H groups in total. The minimum absolute atomic E-state index is 0.126. The van der Waals surface area contributed by atoms with Crippen LogP contribution in [0.5, 0.6) is 11.6 Å². The summed E-state index contributed by atoms with van der Waals surface area (Å²) in [6.07, 6.45) is 2.78. The van der Waals surface area contributed by atoms with Crippen LogP contribution in [0, 0.1) is 4.77 Å². The number of hydrogen-bond acceptors (Lipinski definition) is 3. The van der Waals surface area contributed by atoms with Crippen molar-refractivity contribution < 1.29 is 9.84 Å². The van der Waals surface area contributed by atoms with Crippen molar-refractivity contribution in [2.45, 2.75) is 31.3 Å². The summed E-state index contributed by atoms with van der Waals surface area (Å²) in [5.74, 6) is 1.13. The van der Waals surface area contributed by atoms with Crippen LogP contribution in [0.4, 0.5) is 0 Å². The van der Waals surface area contributed by atoms with Gasteiger partial charge in [-0.05, 0) is 66.5 Å². The van der Waals surface area contributed by atoms with Crippen LogP contribution in [-0.2, 0) is 6.42 Å². The Balaban J connectivity index is 1.65. The summed E-state index contributed by atoms with van der Waals surface area (Å²) in [7, 11) is 1.67. The van der Waals surface area contributed by atoms with Gasteiger partial charge < -0.3 is 19.4 Å². The largest absolute Gasteiger partial charge is 0.497 e. The number of imidazole rings is 1. The van der Waals surface area contributed by atoms with Crippen molar-refractivity contribution in [1.82, 2.24) is 14.1 Å². The van der Waals surface area contributed by atoms with Crippen LogP contribution in [0.15, 0.2) is 46.9 Å². The van der Waals surface area contributed by atoms with Crippen LogP contribution in [0.2, 0.25) is 0 Å². The van der Waals surface area contributed by atoms with E-state index in [1.807, 2.05) is 22.8 Å². The molecule has 4 aromatic rings. The summed E-state index contributed by atoms with van der Waals surface area (Å²) in [4.78, 5) is 3.65. The summed E-state index contributed by atoms with van der Waals surface area (Å²) in [5, 5.41) is 12.3. The van der Waals surface area contributed by atoms with E-state index in [4.69, 9.17) is 17.0 Å². The van der Waals surface area contributed by atoms with Crippen LogP contribution < -0.4 is 4.74 Å². The maximum atomic E-state index is 11.1. The molecule has 1 atom stereocenters. The number of ether oxygens (including phenoxy) is 1. The molecule has 2 aliphatic rings. The van der Waals surface area contributed by atoms with E-state index in [2.05, 4.69) is 49.7 Å². The predicted octanol–water partition coefficient (Wildman–Crippen LogP) is 5.85. The maximum absolute atomic E-state index is 11.1. The monoisotopic (exact) mass is 481 g/mol. The number of aromatic amines is 1. The zero-order valence-corrected chi connectivity index (χ0v) is 18.8. The minimum Gasteiger partial charge on any atom is -0.497 e. The van der Waals surface area contributed by atoms with Crippen molar-refractivity contribution >= 4 is 39.1 Å². The van der Waals surface area contributed by atoms with Gasteiger partial charge in [-0.25, -0.2) is 0 Å².